The van der Waals surface area contributed by atoms with Crippen molar-refractivity contribution in [2.45, 2.75) is 26.2 Å². The number of amides is 1. The Bertz CT molecular complexity index is 788. The molecule has 1 N–H and O–H groups in total. The van der Waals surface area contributed by atoms with Crippen LogP contribution in [-0.2, 0) is 11.8 Å². The molecule has 26 heavy (non-hydrogen) atoms. The molecule has 0 aliphatic carbocycles. The van der Waals surface area contributed by atoms with Gasteiger partial charge in [-0.25, -0.2) is 9.97 Å². The summed E-state index contributed by atoms with van der Waals surface area (Å²) < 4.78 is 1.78. The molecule has 0 bridgehead atoms. The minimum Gasteiger partial charge on any atom is -0.352 e. The van der Waals surface area contributed by atoms with E-state index in [0.717, 1.165) is 68.4 Å². The van der Waals surface area contributed by atoms with Crippen LogP contribution in [0.4, 0.5) is 5.82 Å². The summed E-state index contributed by atoms with van der Waals surface area (Å²) in [5.74, 6) is 2.65. The summed E-state index contributed by atoms with van der Waals surface area (Å²) in [5, 5.41) is 8.66. The number of aryl methyl sites for hydroxylation is 2. The summed E-state index contributed by atoms with van der Waals surface area (Å²) in [6.45, 7) is 7.19. The number of hydrogen-bond acceptors (Lipinski definition) is 6. The first-order valence-electron chi connectivity index (χ1n) is 9.51. The number of nitrogens with one attached hydrogen (secondary N) is 1. The monoisotopic (exact) mass is 357 g/mol. The molecule has 2 fully saturated rings. The normalized spacial score (nSPS) is 20.9. The summed E-state index contributed by atoms with van der Waals surface area (Å²) >= 11 is 0. The quantitative estimate of drug-likeness (QED) is 0.868. The fourth-order valence-electron chi connectivity index (χ4n) is 3.97. The van der Waals surface area contributed by atoms with Crippen LogP contribution in [0.3, 0.4) is 0 Å². The first kappa shape index (κ1) is 17.2. The van der Waals surface area contributed by atoms with Crippen molar-refractivity contribution in [3.63, 3.8) is 0 Å². The third-order valence-electron chi connectivity index (χ3n) is 5.54. The van der Waals surface area contributed by atoms with Crippen molar-refractivity contribution in [2.75, 3.05) is 44.2 Å². The summed E-state index contributed by atoms with van der Waals surface area (Å²) in [7, 11) is 1.90. The Balaban J connectivity index is 1.38. The lowest BCUT2D eigenvalue weighted by Crippen LogP contribution is -2.49. The maximum Gasteiger partial charge on any atom is 0.222 e. The molecule has 1 amide bonds. The van der Waals surface area contributed by atoms with Crippen molar-refractivity contribution in [1.82, 2.24) is 30.0 Å². The van der Waals surface area contributed by atoms with Crippen LogP contribution in [0.15, 0.2) is 6.20 Å². The van der Waals surface area contributed by atoms with E-state index in [0.29, 0.717) is 18.2 Å². The highest BCUT2D eigenvalue weighted by molar-refractivity contribution is 5.87. The first-order chi connectivity index (χ1) is 12.6. The average Bonchev–Trinajstić information content (AvgIpc) is 3.30. The topological polar surface area (TPSA) is 79.2 Å². The first-order valence-corrected chi connectivity index (χ1v) is 9.51. The molecule has 4 heterocycles. The van der Waals surface area contributed by atoms with Gasteiger partial charge in [0, 0.05) is 39.6 Å². The van der Waals surface area contributed by atoms with E-state index in [1.165, 1.54) is 6.42 Å². The van der Waals surface area contributed by atoms with E-state index in [-0.39, 0.29) is 0 Å². The molecule has 2 saturated heterocycles. The minimum atomic E-state index is 0.293. The number of piperazine rings is 1. The van der Waals surface area contributed by atoms with Gasteiger partial charge in [0.05, 0.1) is 11.6 Å². The highest BCUT2D eigenvalue weighted by atomic mass is 16.2. The Morgan fingerprint density at radius 2 is 2.08 bits per heavy atom. The van der Waals surface area contributed by atoms with Gasteiger partial charge in [0.2, 0.25) is 5.91 Å². The molecule has 2 aliphatic heterocycles. The zero-order chi connectivity index (χ0) is 18.1. The lowest BCUT2D eigenvalue weighted by molar-refractivity contribution is -0.131. The second-order valence-electron chi connectivity index (χ2n) is 7.37. The van der Waals surface area contributed by atoms with Crippen LogP contribution in [0.5, 0.6) is 0 Å². The fourth-order valence-corrected chi connectivity index (χ4v) is 3.97. The molecule has 1 atom stereocenters. The molecule has 8 nitrogen and oxygen atoms in total. The van der Waals surface area contributed by atoms with Crippen molar-refractivity contribution < 1.29 is 4.79 Å². The van der Waals surface area contributed by atoms with Crippen LogP contribution in [0.25, 0.3) is 11.0 Å². The maximum atomic E-state index is 12.5. The van der Waals surface area contributed by atoms with Gasteiger partial charge in [-0.3, -0.25) is 9.48 Å². The summed E-state index contributed by atoms with van der Waals surface area (Å²) in [6, 6.07) is 0. The highest BCUT2D eigenvalue weighted by Gasteiger charge is 2.25. The molecule has 1 unspecified atom stereocenters. The van der Waals surface area contributed by atoms with Gasteiger partial charge in [-0.1, -0.05) is 0 Å². The molecule has 0 spiro atoms. The number of carbonyl (C=O) groups is 1. The van der Waals surface area contributed by atoms with E-state index < -0.39 is 0 Å². The largest absolute Gasteiger partial charge is 0.352 e. The fraction of sp³-hybridized carbons (Fsp3) is 0.667. The SMILES string of the molecule is Cc1nc(N2CCN(C(=O)CCC3CCNC3)CC2)c2cnn(C)c2n1. The third kappa shape index (κ3) is 3.38. The summed E-state index contributed by atoms with van der Waals surface area (Å²) in [4.78, 5) is 25.9. The van der Waals surface area contributed by atoms with Crippen LogP contribution < -0.4 is 10.2 Å². The Hall–Kier alpha value is -2.22. The number of fused-ring (bicyclic) bond motifs is 1. The molecule has 2 aromatic heterocycles. The number of rotatable bonds is 4. The molecule has 0 radical (unpaired) electrons. The molecule has 8 heteroatoms. The molecule has 2 aromatic rings. The number of nitrogens with zero attached hydrogens (tertiary/aromatic N) is 6. The van der Waals surface area contributed by atoms with Crippen molar-refractivity contribution in [3.8, 4) is 0 Å². The Morgan fingerprint density at radius 3 is 2.81 bits per heavy atom. The number of aromatic nitrogens is 4. The number of carbonyl (C=O) groups excluding carboxylic acids is 1. The van der Waals surface area contributed by atoms with Gasteiger partial charge in [-0.15, -0.1) is 0 Å². The van der Waals surface area contributed by atoms with Gasteiger partial charge in [-0.05, 0) is 38.8 Å². The van der Waals surface area contributed by atoms with Crippen molar-refractivity contribution in [2.24, 2.45) is 13.0 Å². The second kappa shape index (κ2) is 7.19. The average molecular weight is 357 g/mol. The van der Waals surface area contributed by atoms with Crippen molar-refractivity contribution >= 4 is 22.8 Å². The van der Waals surface area contributed by atoms with E-state index in [2.05, 4.69) is 25.3 Å². The Labute approximate surface area is 153 Å². The van der Waals surface area contributed by atoms with Gasteiger partial charge in [0.25, 0.3) is 0 Å². The smallest absolute Gasteiger partial charge is 0.222 e. The van der Waals surface area contributed by atoms with Crippen LogP contribution >= 0.6 is 0 Å². The van der Waals surface area contributed by atoms with Gasteiger partial charge in [-0.2, -0.15) is 5.10 Å². The van der Waals surface area contributed by atoms with E-state index in [1.54, 1.807) is 4.68 Å². The number of hydrogen-bond donors (Lipinski definition) is 1. The minimum absolute atomic E-state index is 0.293. The lowest BCUT2D eigenvalue weighted by atomic mass is 10.0. The van der Waals surface area contributed by atoms with Crippen molar-refractivity contribution in [3.05, 3.63) is 12.0 Å². The molecule has 2 aliphatic rings. The van der Waals surface area contributed by atoms with Crippen LogP contribution in [0.1, 0.15) is 25.1 Å². The van der Waals surface area contributed by atoms with Gasteiger partial charge < -0.3 is 15.1 Å². The predicted molar refractivity (Wildman–Crippen MR) is 100 cm³/mol. The van der Waals surface area contributed by atoms with E-state index in [4.69, 9.17) is 0 Å². The molecule has 0 saturated carbocycles. The van der Waals surface area contributed by atoms with E-state index in [9.17, 15) is 4.79 Å². The van der Waals surface area contributed by atoms with Crippen LogP contribution in [0.2, 0.25) is 0 Å². The van der Waals surface area contributed by atoms with Crippen LogP contribution in [-0.4, -0.2) is 69.8 Å². The molecule has 4 rings (SSSR count). The highest BCUT2D eigenvalue weighted by Crippen LogP contribution is 2.24. The Kier molecular flexibility index (Phi) is 4.76. The molecular weight excluding hydrogens is 330 g/mol. The summed E-state index contributed by atoms with van der Waals surface area (Å²) in [5.41, 5.74) is 0.858. The third-order valence-corrected chi connectivity index (χ3v) is 5.54. The molecule has 140 valence electrons. The zero-order valence-electron chi connectivity index (χ0n) is 15.6. The molecule has 0 aromatic carbocycles. The van der Waals surface area contributed by atoms with Gasteiger partial charge in [0.15, 0.2) is 5.65 Å². The van der Waals surface area contributed by atoms with E-state index >= 15 is 0 Å². The Morgan fingerprint density at radius 1 is 1.27 bits per heavy atom. The molecular formula is C18H27N7O. The maximum absolute atomic E-state index is 12.5. The second-order valence-corrected chi connectivity index (χ2v) is 7.37. The zero-order valence-corrected chi connectivity index (χ0v) is 15.6. The predicted octanol–water partition coefficient (Wildman–Crippen LogP) is 0.710. The van der Waals surface area contributed by atoms with E-state index in [1.807, 2.05) is 25.1 Å². The van der Waals surface area contributed by atoms with Crippen molar-refractivity contribution in [1.29, 1.82) is 0 Å². The summed E-state index contributed by atoms with van der Waals surface area (Å²) in [6.07, 6.45) is 4.71. The standard InChI is InChI=1S/C18H27N7O/c1-13-21-17-15(12-20-23(17)2)18(22-13)25-9-7-24(8-10-25)16(26)4-3-14-5-6-19-11-14/h12,14,19H,3-11H2,1-2H3. The van der Waals surface area contributed by atoms with Crippen LogP contribution in [0, 0.1) is 12.8 Å². The van der Waals surface area contributed by atoms with Gasteiger partial charge >= 0.3 is 0 Å². The number of anilines is 1. The van der Waals surface area contributed by atoms with Gasteiger partial charge in [0.1, 0.15) is 11.6 Å². The lowest BCUT2D eigenvalue weighted by Gasteiger charge is -2.35.